The van der Waals surface area contributed by atoms with Crippen molar-refractivity contribution >= 4 is 17.7 Å². The number of esters is 1. The lowest BCUT2D eigenvalue weighted by molar-refractivity contribution is -0.111. The second kappa shape index (κ2) is 4.90. The van der Waals surface area contributed by atoms with Gasteiger partial charge in [0, 0.05) is 6.20 Å². The van der Waals surface area contributed by atoms with Gasteiger partial charge in [-0.15, -0.1) is 0 Å². The summed E-state index contributed by atoms with van der Waals surface area (Å²) < 4.78 is 4.50. The van der Waals surface area contributed by atoms with Gasteiger partial charge in [0.05, 0.1) is 12.7 Å². The molecule has 0 atom stereocenters. The molecule has 1 aromatic heterocycles. The van der Waals surface area contributed by atoms with Crippen molar-refractivity contribution in [2.24, 2.45) is 0 Å². The average molecular weight is 206 g/mol. The molecular formula is C10H10N2O3. The van der Waals surface area contributed by atoms with Gasteiger partial charge in [-0.3, -0.25) is 4.79 Å². The Bertz CT molecular complexity index is 384. The highest BCUT2D eigenvalue weighted by atomic mass is 16.5. The number of ether oxygens (including phenoxy) is 1. The standard InChI is InChI=1S/C10H10N2O3/c1-3-9(13)12-8-5-4-7(6-11-8)10(14)15-2/h3-6H,1H2,2H3,(H,11,12,13). The third-order valence-electron chi connectivity index (χ3n) is 1.62. The molecule has 0 bridgehead atoms. The summed E-state index contributed by atoms with van der Waals surface area (Å²) >= 11 is 0. The third kappa shape index (κ3) is 2.91. The van der Waals surface area contributed by atoms with E-state index in [0.29, 0.717) is 11.4 Å². The van der Waals surface area contributed by atoms with Crippen LogP contribution in [0.1, 0.15) is 10.4 Å². The van der Waals surface area contributed by atoms with Gasteiger partial charge in [0.2, 0.25) is 5.91 Å². The van der Waals surface area contributed by atoms with Crippen LogP contribution in [0.3, 0.4) is 0 Å². The van der Waals surface area contributed by atoms with Gasteiger partial charge < -0.3 is 10.1 Å². The second-order valence-corrected chi connectivity index (χ2v) is 2.62. The molecule has 1 aromatic rings. The average Bonchev–Trinajstić information content (AvgIpc) is 2.29. The van der Waals surface area contributed by atoms with Gasteiger partial charge in [0.15, 0.2) is 0 Å². The summed E-state index contributed by atoms with van der Waals surface area (Å²) in [7, 11) is 1.29. The third-order valence-corrected chi connectivity index (χ3v) is 1.62. The summed E-state index contributed by atoms with van der Waals surface area (Å²) in [5.74, 6) is -0.468. The monoisotopic (exact) mass is 206 g/mol. The lowest BCUT2D eigenvalue weighted by atomic mass is 10.3. The number of rotatable bonds is 3. The van der Waals surface area contributed by atoms with E-state index in [1.54, 1.807) is 0 Å². The Labute approximate surface area is 86.8 Å². The predicted molar refractivity (Wildman–Crippen MR) is 54.4 cm³/mol. The molecule has 0 radical (unpaired) electrons. The van der Waals surface area contributed by atoms with Gasteiger partial charge in [0.25, 0.3) is 0 Å². The Hall–Kier alpha value is -2.17. The molecule has 1 N–H and O–H groups in total. The van der Waals surface area contributed by atoms with Crippen LogP contribution in [0.2, 0.25) is 0 Å². The number of hydrogen-bond donors (Lipinski definition) is 1. The van der Waals surface area contributed by atoms with E-state index in [-0.39, 0.29) is 5.91 Å². The van der Waals surface area contributed by atoms with Crippen LogP contribution in [0.15, 0.2) is 31.0 Å². The number of nitrogens with one attached hydrogen (secondary N) is 1. The largest absolute Gasteiger partial charge is 0.465 e. The summed E-state index contributed by atoms with van der Waals surface area (Å²) in [5.41, 5.74) is 0.328. The molecule has 0 aliphatic heterocycles. The van der Waals surface area contributed by atoms with Gasteiger partial charge in [-0.05, 0) is 18.2 Å². The fraction of sp³-hybridized carbons (Fsp3) is 0.100. The zero-order chi connectivity index (χ0) is 11.3. The smallest absolute Gasteiger partial charge is 0.339 e. The summed E-state index contributed by atoms with van der Waals surface area (Å²) in [6, 6.07) is 3.02. The summed E-state index contributed by atoms with van der Waals surface area (Å²) in [4.78, 5) is 25.8. The molecule has 15 heavy (non-hydrogen) atoms. The van der Waals surface area contributed by atoms with Crippen molar-refractivity contribution < 1.29 is 14.3 Å². The molecule has 1 heterocycles. The molecule has 0 saturated heterocycles. The fourth-order valence-corrected chi connectivity index (χ4v) is 0.884. The molecule has 5 heteroatoms. The second-order valence-electron chi connectivity index (χ2n) is 2.62. The number of carbonyl (C=O) groups excluding carboxylic acids is 2. The van der Waals surface area contributed by atoms with E-state index in [4.69, 9.17) is 0 Å². The lowest BCUT2D eigenvalue weighted by Gasteiger charge is -2.02. The number of methoxy groups -OCH3 is 1. The highest BCUT2D eigenvalue weighted by molar-refractivity contribution is 5.98. The maximum absolute atomic E-state index is 11.0. The van der Waals surface area contributed by atoms with Crippen LogP contribution in [0.25, 0.3) is 0 Å². The van der Waals surface area contributed by atoms with Crippen LogP contribution < -0.4 is 5.32 Å². The predicted octanol–water partition coefficient (Wildman–Crippen LogP) is 0.993. The highest BCUT2D eigenvalue weighted by Crippen LogP contribution is 2.05. The number of anilines is 1. The van der Waals surface area contributed by atoms with E-state index < -0.39 is 5.97 Å². The zero-order valence-corrected chi connectivity index (χ0v) is 8.19. The minimum absolute atomic E-state index is 0.328. The molecule has 0 aliphatic carbocycles. The van der Waals surface area contributed by atoms with Gasteiger partial charge >= 0.3 is 5.97 Å². The number of amides is 1. The van der Waals surface area contributed by atoms with Crippen LogP contribution in [0.4, 0.5) is 5.82 Å². The number of carbonyl (C=O) groups is 2. The molecular weight excluding hydrogens is 196 g/mol. The van der Waals surface area contributed by atoms with E-state index in [9.17, 15) is 9.59 Å². The molecule has 0 spiro atoms. The van der Waals surface area contributed by atoms with E-state index >= 15 is 0 Å². The molecule has 1 rings (SSSR count). The van der Waals surface area contributed by atoms with Crippen molar-refractivity contribution in [1.82, 2.24) is 4.98 Å². The molecule has 78 valence electrons. The minimum atomic E-state index is -0.468. The molecule has 0 aliphatic rings. The Morgan fingerprint density at radius 2 is 2.27 bits per heavy atom. The molecule has 0 saturated carbocycles. The van der Waals surface area contributed by atoms with Gasteiger partial charge in [-0.25, -0.2) is 9.78 Å². The molecule has 0 fully saturated rings. The number of pyridine rings is 1. The Balaban J connectivity index is 2.76. The lowest BCUT2D eigenvalue weighted by Crippen LogP contribution is -2.09. The number of aromatic nitrogens is 1. The SMILES string of the molecule is C=CC(=O)Nc1ccc(C(=O)OC)cn1. The maximum atomic E-state index is 11.0. The molecule has 1 amide bonds. The van der Waals surface area contributed by atoms with E-state index in [0.717, 1.165) is 6.08 Å². The van der Waals surface area contributed by atoms with Crippen LogP contribution in [-0.4, -0.2) is 24.0 Å². The van der Waals surface area contributed by atoms with Crippen molar-refractivity contribution in [3.8, 4) is 0 Å². The van der Waals surface area contributed by atoms with E-state index in [2.05, 4.69) is 21.6 Å². The van der Waals surface area contributed by atoms with Crippen LogP contribution in [0, 0.1) is 0 Å². The number of nitrogens with zero attached hydrogens (tertiary/aromatic N) is 1. The first-order valence-electron chi connectivity index (χ1n) is 4.15. The Kier molecular flexibility index (Phi) is 3.56. The first-order valence-corrected chi connectivity index (χ1v) is 4.15. The van der Waals surface area contributed by atoms with Crippen molar-refractivity contribution in [1.29, 1.82) is 0 Å². The first-order chi connectivity index (χ1) is 7.17. The topological polar surface area (TPSA) is 68.3 Å². The van der Waals surface area contributed by atoms with Crippen molar-refractivity contribution in [3.63, 3.8) is 0 Å². The summed E-state index contributed by atoms with van der Waals surface area (Å²) in [6.07, 6.45) is 2.46. The molecule has 0 unspecified atom stereocenters. The van der Waals surface area contributed by atoms with Gasteiger partial charge in [-0.2, -0.15) is 0 Å². The quantitative estimate of drug-likeness (QED) is 0.591. The molecule has 5 nitrogen and oxygen atoms in total. The number of hydrogen-bond acceptors (Lipinski definition) is 4. The van der Waals surface area contributed by atoms with Crippen molar-refractivity contribution in [3.05, 3.63) is 36.5 Å². The Morgan fingerprint density at radius 1 is 1.53 bits per heavy atom. The molecule has 0 aromatic carbocycles. The Morgan fingerprint density at radius 3 is 2.73 bits per heavy atom. The van der Waals surface area contributed by atoms with Crippen LogP contribution in [0.5, 0.6) is 0 Å². The van der Waals surface area contributed by atoms with E-state index in [1.807, 2.05) is 0 Å². The normalized spacial score (nSPS) is 9.13. The minimum Gasteiger partial charge on any atom is -0.465 e. The van der Waals surface area contributed by atoms with Gasteiger partial charge in [0.1, 0.15) is 5.82 Å². The summed E-state index contributed by atoms with van der Waals surface area (Å²) in [5, 5.41) is 2.46. The zero-order valence-electron chi connectivity index (χ0n) is 8.19. The first kappa shape index (κ1) is 10.9. The highest BCUT2D eigenvalue weighted by Gasteiger charge is 2.05. The maximum Gasteiger partial charge on any atom is 0.339 e. The van der Waals surface area contributed by atoms with Crippen LogP contribution in [-0.2, 0) is 9.53 Å². The van der Waals surface area contributed by atoms with Crippen molar-refractivity contribution in [2.45, 2.75) is 0 Å². The van der Waals surface area contributed by atoms with Crippen molar-refractivity contribution in [2.75, 3.05) is 12.4 Å². The van der Waals surface area contributed by atoms with Gasteiger partial charge in [-0.1, -0.05) is 6.58 Å². The summed E-state index contributed by atoms with van der Waals surface area (Å²) in [6.45, 7) is 3.30. The van der Waals surface area contributed by atoms with Crippen LogP contribution >= 0.6 is 0 Å². The fourth-order valence-electron chi connectivity index (χ4n) is 0.884. The van der Waals surface area contributed by atoms with E-state index in [1.165, 1.54) is 25.4 Å².